The van der Waals surface area contributed by atoms with Gasteiger partial charge in [-0.05, 0) is 89.0 Å². The van der Waals surface area contributed by atoms with Gasteiger partial charge in [0, 0.05) is 0 Å². The van der Waals surface area contributed by atoms with Gasteiger partial charge in [0.15, 0.2) is 5.60 Å². The van der Waals surface area contributed by atoms with Crippen LogP contribution < -0.4 is 14.2 Å². The Morgan fingerprint density at radius 3 is 1.38 bits per heavy atom. The molecule has 0 aromatic heterocycles. The van der Waals surface area contributed by atoms with Gasteiger partial charge < -0.3 is 19.3 Å². The van der Waals surface area contributed by atoms with Crippen LogP contribution in [0.4, 0.5) is 0 Å². The number of carbonyl (C=O) groups excluding carboxylic acids is 3. The molecule has 0 saturated heterocycles. The third-order valence-corrected chi connectivity index (χ3v) is 7.18. The summed E-state index contributed by atoms with van der Waals surface area (Å²) in [6.07, 6.45) is 12.5. The molecule has 7 nitrogen and oxygen atoms in total. The molecule has 0 bridgehead atoms. The highest BCUT2D eigenvalue weighted by molar-refractivity contribution is 5.92. The van der Waals surface area contributed by atoms with Crippen molar-refractivity contribution >= 4 is 36.1 Å². The highest BCUT2D eigenvalue weighted by atomic mass is 16.6. The maximum atomic E-state index is 13.3. The standard InChI is InChI=1S/C33H26O7/c34-30(38-27-13-10-21-4-1-7-24(21)16-27)19-33(37,32(36)40-29-15-12-23-6-3-9-26(23)18-29)20-31(35)39-28-14-11-22-5-2-8-25(22)17-28/h1-3,7-18,37H,4-6,19-20H2. The average molecular weight is 535 g/mol. The van der Waals surface area contributed by atoms with E-state index in [0.29, 0.717) is 0 Å². The predicted octanol–water partition coefficient (Wildman–Crippen LogP) is 5.02. The Morgan fingerprint density at radius 2 is 0.975 bits per heavy atom. The van der Waals surface area contributed by atoms with E-state index in [1.165, 1.54) is 0 Å². The van der Waals surface area contributed by atoms with E-state index in [-0.39, 0.29) is 17.2 Å². The van der Waals surface area contributed by atoms with E-state index in [1.54, 1.807) is 36.4 Å². The quantitative estimate of drug-likeness (QED) is 0.320. The maximum absolute atomic E-state index is 13.3. The number of ether oxygens (including phenoxy) is 3. The molecular formula is C33H26O7. The van der Waals surface area contributed by atoms with Crippen LogP contribution >= 0.6 is 0 Å². The number of allylic oxidation sites excluding steroid dienone is 3. The summed E-state index contributed by atoms with van der Waals surface area (Å²) >= 11 is 0. The predicted molar refractivity (Wildman–Crippen MR) is 149 cm³/mol. The van der Waals surface area contributed by atoms with Crippen LogP contribution in [0.25, 0.3) is 18.2 Å². The number of carbonyl (C=O) groups is 3. The second-order valence-electron chi connectivity index (χ2n) is 10.1. The molecule has 0 unspecified atom stereocenters. The SMILES string of the molecule is O=C(CC(O)(CC(=O)Oc1ccc2c(c1)C=CC2)C(=O)Oc1ccc2c(c1)C=CC2)Oc1ccc2c(c1)C=CC2. The van der Waals surface area contributed by atoms with Crippen LogP contribution in [-0.4, -0.2) is 28.6 Å². The Bertz CT molecular complexity index is 1550. The molecule has 0 radical (unpaired) electrons. The largest absolute Gasteiger partial charge is 0.426 e. The monoisotopic (exact) mass is 534 g/mol. The zero-order valence-electron chi connectivity index (χ0n) is 21.6. The lowest BCUT2D eigenvalue weighted by molar-refractivity contribution is -0.166. The summed E-state index contributed by atoms with van der Waals surface area (Å²) in [6, 6.07) is 15.5. The summed E-state index contributed by atoms with van der Waals surface area (Å²) in [5, 5.41) is 11.4. The number of hydrogen-bond acceptors (Lipinski definition) is 7. The van der Waals surface area contributed by atoms with E-state index in [4.69, 9.17) is 14.2 Å². The van der Waals surface area contributed by atoms with Gasteiger partial charge in [-0.2, -0.15) is 0 Å². The van der Waals surface area contributed by atoms with Crippen molar-refractivity contribution in [2.24, 2.45) is 0 Å². The van der Waals surface area contributed by atoms with Gasteiger partial charge in [0.25, 0.3) is 0 Å². The van der Waals surface area contributed by atoms with E-state index in [1.807, 2.05) is 54.7 Å². The van der Waals surface area contributed by atoms with Crippen molar-refractivity contribution in [3.05, 3.63) is 106 Å². The molecule has 3 aliphatic rings. The van der Waals surface area contributed by atoms with Crippen LogP contribution in [-0.2, 0) is 33.6 Å². The highest BCUT2D eigenvalue weighted by Gasteiger charge is 2.44. The molecule has 1 N–H and O–H groups in total. The lowest BCUT2D eigenvalue weighted by atomic mass is 9.95. The molecule has 0 heterocycles. The second-order valence-corrected chi connectivity index (χ2v) is 10.1. The number of fused-ring (bicyclic) bond motifs is 3. The Morgan fingerprint density at radius 1 is 0.600 bits per heavy atom. The molecule has 3 aliphatic carbocycles. The van der Waals surface area contributed by atoms with E-state index >= 15 is 0 Å². The Hall–Kier alpha value is -4.75. The minimum absolute atomic E-state index is 0.186. The third-order valence-electron chi connectivity index (χ3n) is 7.18. The molecule has 3 aromatic rings. The van der Waals surface area contributed by atoms with Gasteiger partial charge in [0.1, 0.15) is 17.2 Å². The van der Waals surface area contributed by atoms with Gasteiger partial charge in [0.05, 0.1) is 12.8 Å². The van der Waals surface area contributed by atoms with Crippen LogP contribution in [0.1, 0.15) is 46.2 Å². The summed E-state index contributed by atoms with van der Waals surface area (Å²) < 4.78 is 16.3. The van der Waals surface area contributed by atoms with Crippen molar-refractivity contribution < 1.29 is 33.7 Å². The fourth-order valence-electron chi connectivity index (χ4n) is 5.09. The van der Waals surface area contributed by atoms with Gasteiger partial charge in [-0.25, -0.2) is 4.79 Å². The molecule has 0 fully saturated rings. The third kappa shape index (κ3) is 5.37. The van der Waals surface area contributed by atoms with Crippen molar-refractivity contribution in [2.45, 2.75) is 37.7 Å². The molecular weight excluding hydrogens is 508 g/mol. The van der Waals surface area contributed by atoms with Crippen LogP contribution in [0.5, 0.6) is 17.2 Å². The Labute approximate surface area is 231 Å². The molecule has 0 aliphatic heterocycles. The minimum Gasteiger partial charge on any atom is -0.426 e. The fraction of sp³-hybridized carbons (Fsp3) is 0.182. The average Bonchev–Trinajstić information content (AvgIpc) is 3.68. The topological polar surface area (TPSA) is 99.1 Å². The van der Waals surface area contributed by atoms with E-state index in [0.717, 1.165) is 52.6 Å². The van der Waals surface area contributed by atoms with Crippen LogP contribution in [0.3, 0.4) is 0 Å². The van der Waals surface area contributed by atoms with E-state index in [2.05, 4.69) is 0 Å². The summed E-state index contributed by atoms with van der Waals surface area (Å²) in [5.74, 6) is -2.22. The van der Waals surface area contributed by atoms with Gasteiger partial charge in [-0.1, -0.05) is 54.7 Å². The molecule has 0 spiro atoms. The summed E-state index contributed by atoms with van der Waals surface area (Å²) in [7, 11) is 0. The highest BCUT2D eigenvalue weighted by Crippen LogP contribution is 2.30. The zero-order valence-corrected chi connectivity index (χ0v) is 21.6. The lowest BCUT2D eigenvalue weighted by Gasteiger charge is -2.24. The van der Waals surface area contributed by atoms with Crippen molar-refractivity contribution in [3.8, 4) is 17.2 Å². The molecule has 0 atom stereocenters. The van der Waals surface area contributed by atoms with Crippen LogP contribution in [0, 0.1) is 0 Å². The van der Waals surface area contributed by atoms with Gasteiger partial charge in [-0.3, -0.25) is 9.59 Å². The van der Waals surface area contributed by atoms with Crippen molar-refractivity contribution in [1.29, 1.82) is 0 Å². The smallest absolute Gasteiger partial charge is 0.344 e. The molecule has 6 rings (SSSR count). The number of rotatable bonds is 8. The molecule has 200 valence electrons. The number of esters is 3. The maximum Gasteiger partial charge on any atom is 0.344 e. The van der Waals surface area contributed by atoms with E-state index < -0.39 is 36.4 Å². The normalized spacial score (nSPS) is 14.0. The summed E-state index contributed by atoms with van der Waals surface area (Å²) in [6.45, 7) is 0. The van der Waals surface area contributed by atoms with Crippen LogP contribution in [0.2, 0.25) is 0 Å². The first-order valence-electron chi connectivity index (χ1n) is 13.1. The molecule has 40 heavy (non-hydrogen) atoms. The molecule has 3 aromatic carbocycles. The van der Waals surface area contributed by atoms with Gasteiger partial charge in [0.2, 0.25) is 0 Å². The first-order chi connectivity index (χ1) is 19.3. The molecule has 7 heteroatoms. The summed E-state index contributed by atoms with van der Waals surface area (Å²) in [4.78, 5) is 39.2. The second kappa shape index (κ2) is 10.4. The minimum atomic E-state index is -2.53. The van der Waals surface area contributed by atoms with Crippen molar-refractivity contribution in [1.82, 2.24) is 0 Å². The first kappa shape index (κ1) is 25.5. The Kier molecular flexibility index (Phi) is 6.66. The first-order valence-corrected chi connectivity index (χ1v) is 13.1. The van der Waals surface area contributed by atoms with Crippen molar-refractivity contribution in [3.63, 3.8) is 0 Å². The number of benzene rings is 3. The molecule has 0 amide bonds. The summed E-state index contributed by atoms with van der Waals surface area (Å²) in [5.41, 5.74) is 3.51. The van der Waals surface area contributed by atoms with Gasteiger partial charge in [-0.15, -0.1) is 0 Å². The number of aliphatic hydroxyl groups is 1. The van der Waals surface area contributed by atoms with Crippen LogP contribution in [0.15, 0.2) is 72.8 Å². The Balaban J connectivity index is 1.20. The fourth-order valence-corrected chi connectivity index (χ4v) is 5.09. The van der Waals surface area contributed by atoms with Crippen molar-refractivity contribution in [2.75, 3.05) is 0 Å². The zero-order chi connectivity index (χ0) is 27.7. The van der Waals surface area contributed by atoms with Gasteiger partial charge >= 0.3 is 17.9 Å². The van der Waals surface area contributed by atoms with E-state index in [9.17, 15) is 19.5 Å². The lowest BCUT2D eigenvalue weighted by Crippen LogP contribution is -2.46. The molecule has 0 saturated carbocycles. The number of hydrogen-bond donors (Lipinski definition) is 1.